The maximum absolute atomic E-state index is 10.6. The van der Waals surface area contributed by atoms with Crippen molar-refractivity contribution in [1.82, 2.24) is 5.32 Å². The van der Waals surface area contributed by atoms with Gasteiger partial charge in [-0.25, -0.2) is 0 Å². The zero-order chi connectivity index (χ0) is 19.2. The molecule has 2 N–H and O–H groups in total. The van der Waals surface area contributed by atoms with Crippen LogP contribution in [0.2, 0.25) is 0 Å². The lowest BCUT2D eigenvalue weighted by Gasteiger charge is -2.31. The van der Waals surface area contributed by atoms with Crippen LogP contribution in [0.25, 0.3) is 0 Å². The summed E-state index contributed by atoms with van der Waals surface area (Å²) < 4.78 is 17.1. The van der Waals surface area contributed by atoms with Gasteiger partial charge in [0.1, 0.15) is 31.2 Å². The highest BCUT2D eigenvalue weighted by atomic mass is 16.6. The first kappa shape index (κ1) is 18.9. The van der Waals surface area contributed by atoms with E-state index in [1.165, 1.54) is 24.3 Å². The second kappa shape index (κ2) is 8.70. The Kier molecular flexibility index (Phi) is 6.10. The number of nitrogens with zero attached hydrogens (tertiary/aromatic N) is 1. The van der Waals surface area contributed by atoms with Gasteiger partial charge in [0.2, 0.25) is 0 Å². The molecule has 1 heterocycles. The predicted molar refractivity (Wildman–Crippen MR) is 98.4 cm³/mol. The lowest BCUT2D eigenvalue weighted by atomic mass is 10.1. The van der Waals surface area contributed by atoms with Crippen molar-refractivity contribution in [2.75, 3.05) is 19.8 Å². The largest absolute Gasteiger partial charge is 0.491 e. The van der Waals surface area contributed by atoms with Crippen LogP contribution in [0.1, 0.15) is 6.92 Å². The van der Waals surface area contributed by atoms with E-state index in [-0.39, 0.29) is 24.4 Å². The van der Waals surface area contributed by atoms with E-state index in [4.69, 9.17) is 14.2 Å². The number of aliphatic hydroxyl groups is 1. The number of nitro groups is 1. The summed E-state index contributed by atoms with van der Waals surface area (Å²) in [6, 6.07) is 13.2. The third-order valence-electron chi connectivity index (χ3n) is 4.25. The highest BCUT2D eigenvalue weighted by Crippen LogP contribution is 2.31. The average molecular weight is 374 g/mol. The Morgan fingerprint density at radius 3 is 2.67 bits per heavy atom. The first-order valence-corrected chi connectivity index (χ1v) is 8.70. The van der Waals surface area contributed by atoms with E-state index in [1.807, 2.05) is 31.2 Å². The summed E-state index contributed by atoms with van der Waals surface area (Å²) in [5.74, 6) is 1.91. The number of rotatable bonds is 8. The molecule has 0 fully saturated rings. The lowest BCUT2D eigenvalue weighted by molar-refractivity contribution is -0.384. The molecule has 27 heavy (non-hydrogen) atoms. The van der Waals surface area contributed by atoms with Crippen molar-refractivity contribution in [2.45, 2.75) is 25.2 Å². The number of aliphatic hydroxyl groups excluding tert-OH is 1. The molecule has 0 aromatic heterocycles. The number of nitrogens with one attached hydrogen (secondary N) is 1. The fraction of sp³-hybridized carbons (Fsp3) is 0.368. The molecule has 1 aliphatic rings. The van der Waals surface area contributed by atoms with Gasteiger partial charge >= 0.3 is 0 Å². The normalized spacial score (nSPS) is 17.8. The molecule has 0 bridgehead atoms. The molecule has 0 aliphatic carbocycles. The van der Waals surface area contributed by atoms with Crippen LogP contribution in [0, 0.1) is 10.1 Å². The smallest absolute Gasteiger partial charge is 0.269 e. The summed E-state index contributed by atoms with van der Waals surface area (Å²) in [5.41, 5.74) is -0.00494. The molecule has 3 rings (SSSR count). The average Bonchev–Trinajstić information content (AvgIpc) is 2.70. The Morgan fingerprint density at radius 2 is 1.96 bits per heavy atom. The monoisotopic (exact) mass is 374 g/mol. The van der Waals surface area contributed by atoms with Gasteiger partial charge in [0.15, 0.2) is 11.5 Å². The van der Waals surface area contributed by atoms with Crippen molar-refractivity contribution in [3.8, 4) is 17.2 Å². The molecule has 8 nitrogen and oxygen atoms in total. The minimum atomic E-state index is -0.737. The number of nitro benzene ring substituents is 1. The molecule has 0 saturated carbocycles. The SMILES string of the molecule is C[C@H](NC[C@H](O)COc1ccc([N+](=O)[O-])cc1)[C@H]1COc2ccccc2O1. The van der Waals surface area contributed by atoms with E-state index in [2.05, 4.69) is 5.32 Å². The van der Waals surface area contributed by atoms with Crippen molar-refractivity contribution in [3.63, 3.8) is 0 Å². The molecular weight excluding hydrogens is 352 g/mol. The van der Waals surface area contributed by atoms with Crippen LogP contribution in [0.3, 0.4) is 0 Å². The second-order valence-electron chi connectivity index (χ2n) is 6.33. The molecule has 2 aromatic rings. The van der Waals surface area contributed by atoms with Gasteiger partial charge in [-0.2, -0.15) is 0 Å². The summed E-state index contributed by atoms with van der Waals surface area (Å²) in [6.45, 7) is 2.78. The van der Waals surface area contributed by atoms with Gasteiger partial charge in [-0.15, -0.1) is 0 Å². The van der Waals surface area contributed by atoms with E-state index in [0.717, 1.165) is 5.75 Å². The van der Waals surface area contributed by atoms with Gasteiger partial charge < -0.3 is 24.6 Å². The zero-order valence-electron chi connectivity index (χ0n) is 14.9. The van der Waals surface area contributed by atoms with Crippen LogP contribution < -0.4 is 19.5 Å². The number of hydrogen-bond acceptors (Lipinski definition) is 7. The highest BCUT2D eigenvalue weighted by Gasteiger charge is 2.26. The van der Waals surface area contributed by atoms with Crippen molar-refractivity contribution in [3.05, 3.63) is 58.6 Å². The van der Waals surface area contributed by atoms with Gasteiger partial charge in [-0.1, -0.05) is 12.1 Å². The summed E-state index contributed by atoms with van der Waals surface area (Å²) in [7, 11) is 0. The van der Waals surface area contributed by atoms with Crippen LogP contribution in [-0.2, 0) is 0 Å². The summed E-state index contributed by atoms with van der Waals surface area (Å²) in [6.07, 6.45) is -0.901. The van der Waals surface area contributed by atoms with Gasteiger partial charge in [0.05, 0.1) is 4.92 Å². The molecular formula is C19H22N2O6. The summed E-state index contributed by atoms with van der Waals surface area (Å²) in [4.78, 5) is 10.2. The number of hydrogen-bond donors (Lipinski definition) is 2. The van der Waals surface area contributed by atoms with Crippen molar-refractivity contribution < 1.29 is 24.2 Å². The quantitative estimate of drug-likeness (QED) is 0.539. The Bertz CT molecular complexity index is 767. The Balaban J connectivity index is 1.41. The third kappa shape index (κ3) is 5.08. The topological polar surface area (TPSA) is 103 Å². The van der Waals surface area contributed by atoms with Gasteiger partial charge in [0, 0.05) is 24.7 Å². The van der Waals surface area contributed by atoms with Crippen LogP contribution in [0.4, 0.5) is 5.69 Å². The van der Waals surface area contributed by atoms with Crippen LogP contribution in [0.15, 0.2) is 48.5 Å². The number of fused-ring (bicyclic) bond motifs is 1. The maximum Gasteiger partial charge on any atom is 0.269 e. The van der Waals surface area contributed by atoms with Crippen molar-refractivity contribution in [2.24, 2.45) is 0 Å². The number of ether oxygens (including phenoxy) is 3. The van der Waals surface area contributed by atoms with Crippen LogP contribution >= 0.6 is 0 Å². The van der Waals surface area contributed by atoms with Gasteiger partial charge in [-0.05, 0) is 31.2 Å². The molecule has 2 aromatic carbocycles. The molecule has 0 unspecified atom stereocenters. The predicted octanol–water partition coefficient (Wildman–Crippen LogP) is 2.15. The molecule has 0 amide bonds. The Morgan fingerprint density at radius 1 is 1.26 bits per heavy atom. The van der Waals surface area contributed by atoms with Crippen LogP contribution in [-0.4, -0.2) is 48.0 Å². The van der Waals surface area contributed by atoms with E-state index in [1.54, 1.807) is 0 Å². The fourth-order valence-electron chi connectivity index (χ4n) is 2.65. The summed E-state index contributed by atoms with van der Waals surface area (Å²) in [5, 5.41) is 23.9. The molecule has 0 saturated heterocycles. The van der Waals surface area contributed by atoms with E-state index in [9.17, 15) is 15.2 Å². The molecule has 1 aliphatic heterocycles. The second-order valence-corrected chi connectivity index (χ2v) is 6.33. The number of non-ortho nitro benzene ring substituents is 1. The Labute approximate surface area is 156 Å². The first-order chi connectivity index (χ1) is 13.0. The number of para-hydroxylation sites is 2. The highest BCUT2D eigenvalue weighted by molar-refractivity contribution is 5.40. The van der Waals surface area contributed by atoms with Gasteiger partial charge in [0.25, 0.3) is 5.69 Å². The molecule has 0 radical (unpaired) electrons. The van der Waals surface area contributed by atoms with Crippen molar-refractivity contribution >= 4 is 5.69 Å². The zero-order valence-corrected chi connectivity index (χ0v) is 14.9. The standard InChI is InChI=1S/C19H22N2O6/c1-13(19-12-26-17-4-2-3-5-18(17)27-19)20-10-15(22)11-25-16-8-6-14(7-9-16)21(23)24/h2-9,13,15,19-20,22H,10-12H2,1H3/t13-,15-,19+/m0/s1. The minimum absolute atomic E-state index is 0.00494. The fourth-order valence-corrected chi connectivity index (χ4v) is 2.65. The molecule has 144 valence electrons. The molecule has 0 spiro atoms. The Hall–Kier alpha value is -2.84. The van der Waals surface area contributed by atoms with E-state index in [0.29, 0.717) is 24.7 Å². The van der Waals surface area contributed by atoms with E-state index >= 15 is 0 Å². The lowest BCUT2D eigenvalue weighted by Crippen LogP contribution is -2.48. The summed E-state index contributed by atoms with van der Waals surface area (Å²) >= 11 is 0. The minimum Gasteiger partial charge on any atom is -0.491 e. The maximum atomic E-state index is 10.6. The number of benzene rings is 2. The molecule has 8 heteroatoms. The first-order valence-electron chi connectivity index (χ1n) is 8.70. The van der Waals surface area contributed by atoms with Crippen LogP contribution in [0.5, 0.6) is 17.2 Å². The third-order valence-corrected chi connectivity index (χ3v) is 4.25. The van der Waals surface area contributed by atoms with Crippen molar-refractivity contribution in [1.29, 1.82) is 0 Å². The van der Waals surface area contributed by atoms with E-state index < -0.39 is 11.0 Å². The molecule has 3 atom stereocenters. The van der Waals surface area contributed by atoms with Gasteiger partial charge in [-0.3, -0.25) is 10.1 Å².